The summed E-state index contributed by atoms with van der Waals surface area (Å²) in [4.78, 5) is 27.9. The molecule has 156 valence electrons. The molecule has 1 N–H and O–H groups in total. The van der Waals surface area contributed by atoms with Crippen LogP contribution in [0.2, 0.25) is 0 Å². The molecule has 1 heterocycles. The van der Waals surface area contributed by atoms with Gasteiger partial charge in [0, 0.05) is 11.6 Å². The van der Waals surface area contributed by atoms with E-state index in [0.717, 1.165) is 43.2 Å². The summed E-state index contributed by atoms with van der Waals surface area (Å²) in [6, 6.07) is 10.7. The van der Waals surface area contributed by atoms with E-state index in [1.165, 1.54) is 12.1 Å². The van der Waals surface area contributed by atoms with Crippen molar-refractivity contribution < 1.29 is 19.1 Å². The molecular formula is C25H26FNO3. The van der Waals surface area contributed by atoms with Crippen LogP contribution in [0.25, 0.3) is 5.76 Å². The molecule has 0 bridgehead atoms. The summed E-state index contributed by atoms with van der Waals surface area (Å²) in [7, 11) is 0. The predicted octanol–water partition coefficient (Wildman–Crippen LogP) is 5.20. The standard InChI is InChI=1S/C25H26FNO3/c1-15-8-9-16(2)20(14-15)23(28)21-22(17-10-12-18(26)13-11-17)27(25(30)24(21)29)19-6-4-3-5-7-19/h8-14,19,22,28H,3-7H2,1-2H3/b23-21+. The van der Waals surface area contributed by atoms with Crippen molar-refractivity contribution in [3.05, 3.63) is 76.1 Å². The zero-order valence-corrected chi connectivity index (χ0v) is 17.3. The van der Waals surface area contributed by atoms with Crippen LogP contribution in [-0.4, -0.2) is 27.7 Å². The molecule has 4 nitrogen and oxygen atoms in total. The highest BCUT2D eigenvalue weighted by molar-refractivity contribution is 6.46. The zero-order chi connectivity index (χ0) is 21.4. The molecule has 0 spiro atoms. The molecule has 2 aromatic rings. The Morgan fingerprint density at radius 3 is 2.33 bits per heavy atom. The van der Waals surface area contributed by atoms with Gasteiger partial charge in [0.2, 0.25) is 0 Å². The number of hydrogen-bond donors (Lipinski definition) is 1. The van der Waals surface area contributed by atoms with E-state index >= 15 is 0 Å². The Kier molecular flexibility index (Phi) is 5.46. The van der Waals surface area contributed by atoms with Gasteiger partial charge in [-0.3, -0.25) is 9.59 Å². The van der Waals surface area contributed by atoms with E-state index in [1.54, 1.807) is 17.0 Å². The predicted molar refractivity (Wildman–Crippen MR) is 113 cm³/mol. The zero-order valence-electron chi connectivity index (χ0n) is 17.3. The van der Waals surface area contributed by atoms with Crippen LogP contribution in [0.1, 0.15) is 60.4 Å². The van der Waals surface area contributed by atoms with Crippen LogP contribution in [0.3, 0.4) is 0 Å². The van der Waals surface area contributed by atoms with Gasteiger partial charge in [0.05, 0.1) is 11.6 Å². The van der Waals surface area contributed by atoms with Crippen LogP contribution in [0.15, 0.2) is 48.0 Å². The van der Waals surface area contributed by atoms with Crippen molar-refractivity contribution in [2.24, 2.45) is 0 Å². The maximum absolute atomic E-state index is 13.6. The lowest BCUT2D eigenvalue weighted by atomic mass is 9.90. The number of carbonyl (C=O) groups is 2. The van der Waals surface area contributed by atoms with Crippen molar-refractivity contribution in [2.75, 3.05) is 0 Å². The van der Waals surface area contributed by atoms with Gasteiger partial charge in [-0.2, -0.15) is 0 Å². The highest BCUT2D eigenvalue weighted by atomic mass is 19.1. The Morgan fingerprint density at radius 2 is 1.67 bits per heavy atom. The van der Waals surface area contributed by atoms with Crippen molar-refractivity contribution >= 4 is 17.4 Å². The summed E-state index contributed by atoms with van der Waals surface area (Å²) in [6.07, 6.45) is 4.77. The number of Topliss-reactive ketones (excluding diaryl/α,β-unsaturated/α-hetero) is 1. The molecule has 0 radical (unpaired) electrons. The van der Waals surface area contributed by atoms with Crippen LogP contribution in [-0.2, 0) is 9.59 Å². The molecule has 1 atom stereocenters. The van der Waals surface area contributed by atoms with E-state index in [1.807, 2.05) is 32.0 Å². The molecule has 30 heavy (non-hydrogen) atoms. The first kappa shape index (κ1) is 20.3. The third-order valence-corrected chi connectivity index (χ3v) is 6.28. The Bertz CT molecular complexity index is 1020. The average molecular weight is 407 g/mol. The second-order valence-electron chi connectivity index (χ2n) is 8.37. The van der Waals surface area contributed by atoms with Crippen LogP contribution in [0.4, 0.5) is 4.39 Å². The van der Waals surface area contributed by atoms with Crippen LogP contribution in [0.5, 0.6) is 0 Å². The van der Waals surface area contributed by atoms with E-state index in [-0.39, 0.29) is 23.2 Å². The lowest BCUT2D eigenvalue weighted by Crippen LogP contribution is -2.40. The maximum atomic E-state index is 13.6. The minimum atomic E-state index is -0.714. The van der Waals surface area contributed by atoms with Crippen LogP contribution < -0.4 is 0 Å². The van der Waals surface area contributed by atoms with E-state index in [0.29, 0.717) is 11.1 Å². The molecule has 1 saturated carbocycles. The Morgan fingerprint density at radius 1 is 1.00 bits per heavy atom. The number of hydrogen-bond acceptors (Lipinski definition) is 3. The smallest absolute Gasteiger partial charge is 0.295 e. The largest absolute Gasteiger partial charge is 0.507 e. The normalized spacial score (nSPS) is 22.0. The second-order valence-corrected chi connectivity index (χ2v) is 8.37. The number of aryl methyl sites for hydroxylation is 2. The van der Waals surface area contributed by atoms with Gasteiger partial charge in [-0.1, -0.05) is 49.1 Å². The number of aliphatic hydroxyl groups excluding tert-OH is 1. The maximum Gasteiger partial charge on any atom is 0.295 e. The third-order valence-electron chi connectivity index (χ3n) is 6.28. The first-order valence-corrected chi connectivity index (χ1v) is 10.5. The number of halogens is 1. The first-order valence-electron chi connectivity index (χ1n) is 10.5. The molecule has 5 heteroatoms. The molecular weight excluding hydrogens is 381 g/mol. The van der Waals surface area contributed by atoms with Gasteiger partial charge in [-0.15, -0.1) is 0 Å². The Balaban J connectivity index is 1.90. The van der Waals surface area contributed by atoms with Gasteiger partial charge in [0.25, 0.3) is 11.7 Å². The molecule has 2 aromatic carbocycles. The van der Waals surface area contributed by atoms with Gasteiger partial charge in [0.1, 0.15) is 11.6 Å². The molecule has 0 aromatic heterocycles. The number of rotatable bonds is 3. The Hall–Kier alpha value is -2.95. The highest BCUT2D eigenvalue weighted by Gasteiger charge is 2.48. The molecule has 1 aliphatic carbocycles. The molecule has 2 aliphatic rings. The highest BCUT2D eigenvalue weighted by Crippen LogP contribution is 2.43. The summed E-state index contributed by atoms with van der Waals surface area (Å²) < 4.78 is 13.6. The van der Waals surface area contributed by atoms with E-state index in [2.05, 4.69) is 0 Å². The topological polar surface area (TPSA) is 57.6 Å². The van der Waals surface area contributed by atoms with Gasteiger partial charge in [-0.25, -0.2) is 4.39 Å². The Labute approximate surface area is 176 Å². The van der Waals surface area contributed by atoms with Crippen molar-refractivity contribution in [1.82, 2.24) is 4.90 Å². The number of nitrogens with zero attached hydrogens (tertiary/aromatic N) is 1. The lowest BCUT2D eigenvalue weighted by Gasteiger charge is -2.35. The van der Waals surface area contributed by atoms with Crippen molar-refractivity contribution in [3.8, 4) is 0 Å². The molecule has 1 amide bonds. The molecule has 4 rings (SSSR count). The fourth-order valence-corrected chi connectivity index (χ4v) is 4.69. The van der Waals surface area contributed by atoms with Crippen molar-refractivity contribution in [3.63, 3.8) is 0 Å². The fourth-order valence-electron chi connectivity index (χ4n) is 4.69. The van der Waals surface area contributed by atoms with E-state index in [9.17, 15) is 19.1 Å². The number of ketones is 1. The van der Waals surface area contributed by atoms with E-state index < -0.39 is 17.7 Å². The van der Waals surface area contributed by atoms with Crippen LogP contribution in [0, 0.1) is 19.7 Å². The molecule has 1 unspecified atom stereocenters. The summed E-state index contributed by atoms with van der Waals surface area (Å²) in [5.74, 6) is -1.80. The summed E-state index contributed by atoms with van der Waals surface area (Å²) in [5.41, 5.74) is 3.03. The second kappa shape index (κ2) is 8.05. The van der Waals surface area contributed by atoms with Crippen LogP contribution >= 0.6 is 0 Å². The summed E-state index contributed by atoms with van der Waals surface area (Å²) >= 11 is 0. The number of likely N-dealkylation sites (tertiary alicyclic amines) is 1. The van der Waals surface area contributed by atoms with Gasteiger partial charge < -0.3 is 10.0 Å². The number of benzene rings is 2. The monoisotopic (exact) mass is 407 g/mol. The number of carbonyl (C=O) groups excluding carboxylic acids is 2. The summed E-state index contributed by atoms with van der Waals surface area (Å²) in [6.45, 7) is 3.77. The van der Waals surface area contributed by atoms with Crippen molar-refractivity contribution in [1.29, 1.82) is 0 Å². The average Bonchev–Trinajstić information content (AvgIpc) is 3.01. The summed E-state index contributed by atoms with van der Waals surface area (Å²) in [5, 5.41) is 11.2. The fraction of sp³-hybridized carbons (Fsp3) is 0.360. The molecule has 2 fully saturated rings. The van der Waals surface area contributed by atoms with E-state index in [4.69, 9.17) is 0 Å². The quantitative estimate of drug-likeness (QED) is 0.432. The van der Waals surface area contributed by atoms with Crippen molar-refractivity contribution in [2.45, 2.75) is 58.0 Å². The van der Waals surface area contributed by atoms with Gasteiger partial charge >= 0.3 is 0 Å². The SMILES string of the molecule is Cc1ccc(C)c(/C(O)=C2\C(=O)C(=O)N(C3CCCCC3)C2c2ccc(F)cc2)c1. The van der Waals surface area contributed by atoms with Gasteiger partial charge in [0.15, 0.2) is 0 Å². The molecule has 1 saturated heterocycles. The minimum Gasteiger partial charge on any atom is -0.507 e. The third kappa shape index (κ3) is 3.53. The first-order chi connectivity index (χ1) is 14.4. The number of amides is 1. The lowest BCUT2D eigenvalue weighted by molar-refractivity contribution is -0.141. The van der Waals surface area contributed by atoms with Gasteiger partial charge in [-0.05, 0) is 56.0 Å². The minimum absolute atomic E-state index is 0.0610. The number of aliphatic hydroxyl groups is 1. The molecule has 1 aliphatic heterocycles.